The molecule has 3 N–H and O–H groups in total. The Labute approximate surface area is 122 Å². The summed E-state index contributed by atoms with van der Waals surface area (Å²) in [5.74, 6) is 0.831. The van der Waals surface area contributed by atoms with E-state index < -0.39 is 0 Å². The maximum absolute atomic E-state index is 11.4. The van der Waals surface area contributed by atoms with Gasteiger partial charge in [0.2, 0.25) is 0 Å². The fourth-order valence-electron chi connectivity index (χ4n) is 1.94. The molecule has 0 spiro atoms. The van der Waals surface area contributed by atoms with Crippen molar-refractivity contribution in [3.63, 3.8) is 0 Å². The predicted octanol–water partition coefficient (Wildman–Crippen LogP) is 3.71. The number of ketones is 1. The molecule has 0 saturated heterocycles. The molecule has 1 atom stereocenters. The highest BCUT2D eigenvalue weighted by Crippen LogP contribution is 2.32. The van der Waals surface area contributed by atoms with E-state index in [1.165, 1.54) is 18.3 Å². The van der Waals surface area contributed by atoms with Crippen molar-refractivity contribution in [3.05, 3.63) is 40.8 Å². The Morgan fingerprint density at radius 1 is 1.35 bits per heavy atom. The fourth-order valence-corrected chi connectivity index (χ4v) is 2.90. The van der Waals surface area contributed by atoms with Gasteiger partial charge >= 0.3 is 0 Å². The van der Waals surface area contributed by atoms with Crippen molar-refractivity contribution in [1.82, 2.24) is 0 Å². The van der Waals surface area contributed by atoms with Crippen molar-refractivity contribution in [2.75, 3.05) is 18.2 Å². The second kappa shape index (κ2) is 5.96. The van der Waals surface area contributed by atoms with Crippen LogP contribution in [0.15, 0.2) is 30.3 Å². The standard InChI is InChI=1S/C15H18N2O2S/c1-9(11-4-6-12(19-3)7-5-11)17-14-8-13(16)15(20-14)10(2)18/h4-9,17H,16H2,1-3H3. The van der Waals surface area contributed by atoms with E-state index in [-0.39, 0.29) is 11.8 Å². The van der Waals surface area contributed by atoms with Gasteiger partial charge in [-0.2, -0.15) is 0 Å². The minimum Gasteiger partial charge on any atom is -0.497 e. The minimum absolute atomic E-state index is 0.00218. The molecule has 0 radical (unpaired) electrons. The van der Waals surface area contributed by atoms with E-state index in [0.29, 0.717) is 10.6 Å². The van der Waals surface area contributed by atoms with Gasteiger partial charge in [-0.15, -0.1) is 11.3 Å². The summed E-state index contributed by atoms with van der Waals surface area (Å²) in [6.07, 6.45) is 0. The first-order chi connectivity index (χ1) is 9.51. The molecule has 0 fully saturated rings. The van der Waals surface area contributed by atoms with Gasteiger partial charge in [0.05, 0.1) is 22.7 Å². The van der Waals surface area contributed by atoms with E-state index in [4.69, 9.17) is 10.5 Å². The van der Waals surface area contributed by atoms with E-state index >= 15 is 0 Å². The van der Waals surface area contributed by atoms with E-state index in [1.807, 2.05) is 24.3 Å². The molecule has 0 bridgehead atoms. The summed E-state index contributed by atoms with van der Waals surface area (Å²) in [7, 11) is 1.65. The number of benzene rings is 1. The number of thiophene rings is 1. The third kappa shape index (κ3) is 3.11. The Morgan fingerprint density at radius 2 is 2.00 bits per heavy atom. The van der Waals surface area contributed by atoms with Crippen LogP contribution in [0.1, 0.15) is 35.1 Å². The van der Waals surface area contributed by atoms with E-state index in [9.17, 15) is 4.79 Å². The highest BCUT2D eigenvalue weighted by Gasteiger charge is 2.12. The van der Waals surface area contributed by atoms with Gasteiger partial charge in [0, 0.05) is 13.0 Å². The molecule has 20 heavy (non-hydrogen) atoms. The number of rotatable bonds is 5. The molecular weight excluding hydrogens is 272 g/mol. The third-order valence-corrected chi connectivity index (χ3v) is 4.24. The van der Waals surface area contributed by atoms with Gasteiger partial charge in [0.25, 0.3) is 0 Å². The number of carbonyl (C=O) groups is 1. The highest BCUT2D eigenvalue weighted by atomic mass is 32.1. The lowest BCUT2D eigenvalue weighted by atomic mass is 10.1. The van der Waals surface area contributed by atoms with Crippen LogP contribution in [0.5, 0.6) is 5.75 Å². The molecule has 4 nitrogen and oxygen atoms in total. The van der Waals surface area contributed by atoms with Gasteiger partial charge in [-0.3, -0.25) is 4.79 Å². The van der Waals surface area contributed by atoms with Crippen molar-refractivity contribution >= 4 is 27.8 Å². The van der Waals surface area contributed by atoms with Crippen LogP contribution in [0, 0.1) is 0 Å². The van der Waals surface area contributed by atoms with Crippen molar-refractivity contribution in [2.24, 2.45) is 0 Å². The van der Waals surface area contributed by atoms with Crippen LogP contribution in [0.3, 0.4) is 0 Å². The predicted molar refractivity (Wildman–Crippen MR) is 83.8 cm³/mol. The number of hydrogen-bond donors (Lipinski definition) is 2. The quantitative estimate of drug-likeness (QED) is 0.824. The van der Waals surface area contributed by atoms with Crippen molar-refractivity contribution in [1.29, 1.82) is 0 Å². The number of carbonyl (C=O) groups excluding carboxylic acids is 1. The summed E-state index contributed by atoms with van der Waals surface area (Å²) in [4.78, 5) is 12.0. The maximum atomic E-state index is 11.4. The summed E-state index contributed by atoms with van der Waals surface area (Å²) in [6, 6.07) is 9.81. The molecule has 5 heteroatoms. The Kier molecular flexibility index (Phi) is 4.29. The number of nitrogen functional groups attached to an aromatic ring is 1. The summed E-state index contributed by atoms with van der Waals surface area (Å²) in [5.41, 5.74) is 7.50. The fraction of sp³-hybridized carbons (Fsp3) is 0.267. The summed E-state index contributed by atoms with van der Waals surface area (Å²) in [5, 5.41) is 4.26. The molecule has 2 aromatic rings. The van der Waals surface area contributed by atoms with Crippen molar-refractivity contribution in [3.8, 4) is 5.75 Å². The lowest BCUT2D eigenvalue weighted by Gasteiger charge is -2.14. The van der Waals surface area contributed by atoms with E-state index in [0.717, 1.165) is 16.3 Å². The van der Waals surface area contributed by atoms with Crippen LogP contribution >= 0.6 is 11.3 Å². The van der Waals surface area contributed by atoms with Gasteiger partial charge in [0.15, 0.2) is 5.78 Å². The molecule has 106 valence electrons. The normalized spacial score (nSPS) is 11.9. The zero-order chi connectivity index (χ0) is 14.7. The SMILES string of the molecule is COc1ccc(C(C)Nc2cc(N)c(C(C)=O)s2)cc1. The molecule has 0 aliphatic rings. The van der Waals surface area contributed by atoms with Crippen molar-refractivity contribution < 1.29 is 9.53 Å². The first-order valence-corrected chi connectivity index (χ1v) is 7.13. The van der Waals surface area contributed by atoms with Crippen molar-refractivity contribution in [2.45, 2.75) is 19.9 Å². The second-order valence-electron chi connectivity index (χ2n) is 4.59. The first kappa shape index (κ1) is 14.4. The third-order valence-electron chi connectivity index (χ3n) is 3.06. The number of hydrogen-bond acceptors (Lipinski definition) is 5. The average molecular weight is 290 g/mol. The van der Waals surface area contributed by atoms with Crippen LogP contribution < -0.4 is 15.8 Å². The van der Waals surface area contributed by atoms with Crippen LogP contribution in [0.2, 0.25) is 0 Å². The lowest BCUT2D eigenvalue weighted by Crippen LogP contribution is -2.05. The molecule has 1 aromatic heterocycles. The molecular formula is C15H18N2O2S. The van der Waals surface area contributed by atoms with Gasteiger partial charge in [-0.25, -0.2) is 0 Å². The number of methoxy groups -OCH3 is 1. The van der Waals surface area contributed by atoms with Crippen LogP contribution in [-0.2, 0) is 0 Å². The number of ether oxygens (including phenoxy) is 1. The summed E-state index contributed by atoms with van der Waals surface area (Å²) in [6.45, 7) is 3.59. The molecule has 1 unspecified atom stereocenters. The Hall–Kier alpha value is -2.01. The summed E-state index contributed by atoms with van der Waals surface area (Å²) < 4.78 is 5.14. The van der Waals surface area contributed by atoms with E-state index in [2.05, 4.69) is 12.2 Å². The number of anilines is 2. The Bertz CT molecular complexity index is 605. The zero-order valence-electron chi connectivity index (χ0n) is 11.8. The topological polar surface area (TPSA) is 64.3 Å². The van der Waals surface area contributed by atoms with Gasteiger partial charge in [0.1, 0.15) is 5.75 Å². The molecule has 1 aromatic carbocycles. The highest BCUT2D eigenvalue weighted by molar-refractivity contribution is 7.18. The molecule has 2 rings (SSSR count). The lowest BCUT2D eigenvalue weighted by molar-refractivity contribution is 0.102. The Balaban J connectivity index is 2.12. The van der Waals surface area contributed by atoms with Crippen LogP contribution in [-0.4, -0.2) is 12.9 Å². The molecule has 0 amide bonds. The molecule has 0 aliphatic carbocycles. The van der Waals surface area contributed by atoms with Gasteiger partial charge in [-0.05, 0) is 30.7 Å². The van der Waals surface area contributed by atoms with Crippen LogP contribution in [0.4, 0.5) is 10.7 Å². The largest absolute Gasteiger partial charge is 0.497 e. The number of nitrogens with one attached hydrogen (secondary N) is 1. The maximum Gasteiger partial charge on any atom is 0.171 e. The number of Topliss-reactive ketones (excluding diaryl/α,β-unsaturated/α-hetero) is 1. The van der Waals surface area contributed by atoms with Gasteiger partial charge < -0.3 is 15.8 Å². The molecule has 0 aliphatic heterocycles. The minimum atomic E-state index is -0.00218. The number of nitrogens with two attached hydrogens (primary N) is 1. The Morgan fingerprint density at radius 3 is 2.50 bits per heavy atom. The molecule has 0 saturated carbocycles. The molecule has 1 heterocycles. The monoisotopic (exact) mass is 290 g/mol. The van der Waals surface area contributed by atoms with E-state index in [1.54, 1.807) is 13.2 Å². The second-order valence-corrected chi connectivity index (χ2v) is 5.64. The smallest absolute Gasteiger partial charge is 0.171 e. The zero-order valence-corrected chi connectivity index (χ0v) is 12.6. The van der Waals surface area contributed by atoms with Gasteiger partial charge in [-0.1, -0.05) is 12.1 Å². The average Bonchev–Trinajstić information content (AvgIpc) is 2.79. The van der Waals surface area contributed by atoms with Crippen LogP contribution in [0.25, 0.3) is 0 Å². The summed E-state index contributed by atoms with van der Waals surface area (Å²) >= 11 is 1.39. The first-order valence-electron chi connectivity index (χ1n) is 6.32.